The first-order valence-electron chi connectivity index (χ1n) is 10.9. The largest absolute Gasteiger partial charge is 0.340 e. The molecule has 4 rings (SSSR count). The highest BCUT2D eigenvalue weighted by molar-refractivity contribution is 6.05. The van der Waals surface area contributed by atoms with Gasteiger partial charge in [-0.3, -0.25) is 24.2 Å². The van der Waals surface area contributed by atoms with E-state index < -0.39 is 0 Å². The van der Waals surface area contributed by atoms with Crippen molar-refractivity contribution in [3.05, 3.63) is 35.4 Å². The summed E-state index contributed by atoms with van der Waals surface area (Å²) in [6.07, 6.45) is 3.94. The van der Waals surface area contributed by atoms with Gasteiger partial charge < -0.3 is 4.90 Å². The number of imide groups is 1. The summed E-state index contributed by atoms with van der Waals surface area (Å²) in [5.74, 6) is -0.297. The van der Waals surface area contributed by atoms with E-state index in [4.69, 9.17) is 0 Å². The Morgan fingerprint density at radius 1 is 1.00 bits per heavy atom. The van der Waals surface area contributed by atoms with Gasteiger partial charge in [-0.1, -0.05) is 42.7 Å². The summed E-state index contributed by atoms with van der Waals surface area (Å²) in [7, 11) is 0. The molecule has 3 fully saturated rings. The molecule has 156 valence electrons. The van der Waals surface area contributed by atoms with Crippen molar-refractivity contribution in [3.63, 3.8) is 0 Å². The van der Waals surface area contributed by atoms with Gasteiger partial charge in [-0.25, -0.2) is 0 Å². The summed E-state index contributed by atoms with van der Waals surface area (Å²) in [6.45, 7) is 6.37. The van der Waals surface area contributed by atoms with Crippen LogP contribution in [0, 0.1) is 18.8 Å². The third kappa shape index (κ3) is 4.37. The molecule has 29 heavy (non-hydrogen) atoms. The number of hydrogen-bond acceptors (Lipinski definition) is 4. The van der Waals surface area contributed by atoms with E-state index in [9.17, 15) is 14.4 Å². The van der Waals surface area contributed by atoms with Crippen LogP contribution in [-0.2, 0) is 20.9 Å². The number of aryl methyl sites for hydroxylation is 1. The van der Waals surface area contributed by atoms with Crippen LogP contribution < -0.4 is 0 Å². The van der Waals surface area contributed by atoms with Crippen LogP contribution in [0.15, 0.2) is 24.3 Å². The van der Waals surface area contributed by atoms with Gasteiger partial charge in [-0.05, 0) is 25.3 Å². The first kappa shape index (κ1) is 20.1. The molecule has 0 N–H and O–H groups in total. The van der Waals surface area contributed by atoms with E-state index in [1.165, 1.54) is 16.0 Å². The van der Waals surface area contributed by atoms with Crippen molar-refractivity contribution in [2.75, 3.05) is 32.7 Å². The molecule has 0 radical (unpaired) electrons. The van der Waals surface area contributed by atoms with Crippen LogP contribution in [0.4, 0.5) is 0 Å². The highest BCUT2D eigenvalue weighted by Gasteiger charge is 2.47. The van der Waals surface area contributed by atoms with Crippen LogP contribution >= 0.6 is 0 Å². The van der Waals surface area contributed by atoms with E-state index in [0.717, 1.165) is 45.3 Å². The predicted octanol–water partition coefficient (Wildman–Crippen LogP) is 2.20. The summed E-state index contributed by atoms with van der Waals surface area (Å²) in [6, 6.07) is 8.54. The normalized spacial score (nSPS) is 25.4. The Morgan fingerprint density at radius 2 is 1.66 bits per heavy atom. The standard InChI is InChI=1S/C23H31N3O3/c1-17-5-4-6-18(15-17)16-24-11-13-25(14-12-24)21(27)9-10-26-22(28)19-7-2-3-8-20(19)23(26)29/h4-6,15,19-20H,2-3,7-14,16H2,1H3/t19-,20+. The van der Waals surface area contributed by atoms with Crippen molar-refractivity contribution in [3.8, 4) is 0 Å². The van der Waals surface area contributed by atoms with E-state index in [2.05, 4.69) is 36.1 Å². The number of likely N-dealkylation sites (tertiary alicyclic amines) is 1. The number of nitrogens with zero attached hydrogens (tertiary/aromatic N) is 3. The minimum absolute atomic E-state index is 0.0459. The van der Waals surface area contributed by atoms with Gasteiger partial charge in [0.1, 0.15) is 0 Å². The molecule has 6 heteroatoms. The molecular formula is C23H31N3O3. The van der Waals surface area contributed by atoms with Crippen molar-refractivity contribution in [2.45, 2.75) is 45.6 Å². The molecule has 1 aliphatic carbocycles. The molecule has 0 aromatic heterocycles. The van der Waals surface area contributed by atoms with Crippen molar-refractivity contribution < 1.29 is 14.4 Å². The summed E-state index contributed by atoms with van der Waals surface area (Å²) in [5.41, 5.74) is 2.57. The zero-order chi connectivity index (χ0) is 20.4. The second-order valence-electron chi connectivity index (χ2n) is 8.72. The molecule has 1 aromatic carbocycles. The number of carbonyl (C=O) groups excluding carboxylic acids is 3. The van der Waals surface area contributed by atoms with Gasteiger partial charge in [0, 0.05) is 45.7 Å². The number of carbonyl (C=O) groups is 3. The van der Waals surface area contributed by atoms with E-state index in [-0.39, 0.29) is 42.5 Å². The van der Waals surface area contributed by atoms with Crippen LogP contribution in [-0.4, -0.2) is 65.1 Å². The maximum Gasteiger partial charge on any atom is 0.233 e. The average Bonchev–Trinajstić information content (AvgIpc) is 2.97. The minimum atomic E-state index is -0.128. The molecular weight excluding hydrogens is 366 g/mol. The maximum absolute atomic E-state index is 12.7. The lowest BCUT2D eigenvalue weighted by Gasteiger charge is -2.35. The Hall–Kier alpha value is -2.21. The third-order valence-electron chi connectivity index (χ3n) is 6.70. The number of amides is 3. The highest BCUT2D eigenvalue weighted by atomic mass is 16.2. The Labute approximate surface area is 172 Å². The van der Waals surface area contributed by atoms with Gasteiger partial charge in [0.25, 0.3) is 0 Å². The molecule has 3 amide bonds. The van der Waals surface area contributed by atoms with E-state index in [0.29, 0.717) is 13.1 Å². The van der Waals surface area contributed by atoms with Crippen LogP contribution in [0.2, 0.25) is 0 Å². The van der Waals surface area contributed by atoms with Gasteiger partial charge in [0.15, 0.2) is 0 Å². The van der Waals surface area contributed by atoms with E-state index in [1.807, 2.05) is 4.90 Å². The molecule has 1 aromatic rings. The van der Waals surface area contributed by atoms with Gasteiger partial charge >= 0.3 is 0 Å². The summed E-state index contributed by atoms with van der Waals surface area (Å²) in [5, 5.41) is 0. The fraction of sp³-hybridized carbons (Fsp3) is 0.609. The second-order valence-corrected chi connectivity index (χ2v) is 8.72. The Balaban J connectivity index is 1.24. The number of benzene rings is 1. The molecule has 2 saturated heterocycles. The molecule has 0 bridgehead atoms. The molecule has 0 spiro atoms. The summed E-state index contributed by atoms with van der Waals surface area (Å²) >= 11 is 0. The van der Waals surface area contributed by atoms with E-state index >= 15 is 0 Å². The second kappa shape index (κ2) is 8.66. The van der Waals surface area contributed by atoms with Crippen LogP contribution in [0.1, 0.15) is 43.2 Å². The fourth-order valence-corrected chi connectivity index (χ4v) is 5.04. The topological polar surface area (TPSA) is 60.9 Å². The lowest BCUT2D eigenvalue weighted by atomic mass is 9.81. The van der Waals surface area contributed by atoms with Crippen LogP contribution in [0.3, 0.4) is 0 Å². The molecule has 2 heterocycles. The lowest BCUT2D eigenvalue weighted by Crippen LogP contribution is -2.49. The number of fused-ring (bicyclic) bond motifs is 1. The first-order valence-corrected chi connectivity index (χ1v) is 10.9. The molecule has 6 nitrogen and oxygen atoms in total. The molecule has 0 unspecified atom stereocenters. The quantitative estimate of drug-likeness (QED) is 0.715. The average molecular weight is 398 g/mol. The smallest absolute Gasteiger partial charge is 0.233 e. The van der Waals surface area contributed by atoms with Gasteiger partial charge in [0.05, 0.1) is 11.8 Å². The molecule has 2 aliphatic heterocycles. The molecule has 3 aliphatic rings. The van der Waals surface area contributed by atoms with Crippen LogP contribution in [0.25, 0.3) is 0 Å². The lowest BCUT2D eigenvalue weighted by molar-refractivity contribution is -0.141. The Morgan fingerprint density at radius 3 is 2.28 bits per heavy atom. The predicted molar refractivity (Wildman–Crippen MR) is 110 cm³/mol. The van der Waals surface area contributed by atoms with E-state index in [1.54, 1.807) is 0 Å². The minimum Gasteiger partial charge on any atom is -0.340 e. The van der Waals surface area contributed by atoms with Crippen molar-refractivity contribution in [2.24, 2.45) is 11.8 Å². The van der Waals surface area contributed by atoms with Crippen molar-refractivity contribution in [1.29, 1.82) is 0 Å². The third-order valence-corrected chi connectivity index (χ3v) is 6.70. The number of piperazine rings is 1. The number of hydrogen-bond donors (Lipinski definition) is 0. The van der Waals surface area contributed by atoms with Gasteiger partial charge in [0.2, 0.25) is 17.7 Å². The molecule has 2 atom stereocenters. The molecule has 1 saturated carbocycles. The number of rotatable bonds is 5. The summed E-state index contributed by atoms with van der Waals surface area (Å²) in [4.78, 5) is 43.4. The first-order chi connectivity index (χ1) is 14.0. The van der Waals surface area contributed by atoms with Crippen LogP contribution in [0.5, 0.6) is 0 Å². The van der Waals surface area contributed by atoms with Crippen molar-refractivity contribution >= 4 is 17.7 Å². The highest BCUT2D eigenvalue weighted by Crippen LogP contribution is 2.38. The summed E-state index contributed by atoms with van der Waals surface area (Å²) < 4.78 is 0. The Kier molecular flexibility index (Phi) is 5.99. The van der Waals surface area contributed by atoms with Gasteiger partial charge in [-0.2, -0.15) is 0 Å². The Bertz CT molecular complexity index is 761. The van der Waals surface area contributed by atoms with Crippen molar-refractivity contribution in [1.82, 2.24) is 14.7 Å². The monoisotopic (exact) mass is 397 g/mol. The zero-order valence-electron chi connectivity index (χ0n) is 17.3. The zero-order valence-corrected chi connectivity index (χ0v) is 17.3. The van der Waals surface area contributed by atoms with Gasteiger partial charge in [-0.15, -0.1) is 0 Å². The fourth-order valence-electron chi connectivity index (χ4n) is 5.04. The SMILES string of the molecule is Cc1cccc(CN2CCN(C(=O)CCN3C(=O)[C@H]4CCCC[C@H]4C3=O)CC2)c1. The maximum atomic E-state index is 12.7.